The lowest BCUT2D eigenvalue weighted by Crippen LogP contribution is -2.48. The monoisotopic (exact) mass is 372 g/mol. The molecule has 9 atom stereocenters. The predicted molar refractivity (Wildman–Crippen MR) is 118 cm³/mol. The zero-order valence-corrected chi connectivity index (χ0v) is 19.2. The molecule has 5 aliphatic carbocycles. The third kappa shape index (κ3) is 3.66. The first-order valence-electron chi connectivity index (χ1n) is 13.1. The zero-order valence-electron chi connectivity index (χ0n) is 19.2. The Balaban J connectivity index is 0.000000872. The molecule has 0 nitrogen and oxygen atoms in total. The smallest absolute Gasteiger partial charge is 0.0264 e. The molecule has 0 aromatic rings. The van der Waals surface area contributed by atoms with Gasteiger partial charge >= 0.3 is 0 Å². The third-order valence-electron chi connectivity index (χ3n) is 10.4. The highest BCUT2D eigenvalue weighted by Gasteiger charge is 2.58. The molecule has 8 unspecified atom stereocenters. The second kappa shape index (κ2) is 8.02. The number of hydrogen-bond donors (Lipinski definition) is 0. The molecular formula is C27H48. The van der Waals surface area contributed by atoms with E-state index in [1.807, 2.05) is 13.8 Å². The second-order valence-corrected chi connectivity index (χ2v) is 11.7. The predicted octanol–water partition coefficient (Wildman–Crippen LogP) is 8.35. The van der Waals surface area contributed by atoms with Gasteiger partial charge in [-0.05, 0) is 110 Å². The fourth-order valence-corrected chi connectivity index (χ4v) is 8.99. The lowest BCUT2D eigenvalue weighted by Gasteiger charge is -2.56. The minimum absolute atomic E-state index is 0.713. The first-order chi connectivity index (χ1) is 13.1. The topological polar surface area (TPSA) is 0 Å². The van der Waals surface area contributed by atoms with Gasteiger partial charge < -0.3 is 0 Å². The fourth-order valence-electron chi connectivity index (χ4n) is 8.99. The van der Waals surface area contributed by atoms with Crippen LogP contribution >= 0.6 is 0 Å². The molecule has 5 rings (SSSR count). The highest BCUT2D eigenvalue weighted by Crippen LogP contribution is 2.66. The van der Waals surface area contributed by atoms with Crippen LogP contribution in [0, 0.1) is 58.7 Å². The van der Waals surface area contributed by atoms with Crippen molar-refractivity contribution < 1.29 is 0 Å². The van der Waals surface area contributed by atoms with Crippen molar-refractivity contribution >= 4 is 0 Å². The van der Waals surface area contributed by atoms with Crippen LogP contribution < -0.4 is 0 Å². The summed E-state index contributed by atoms with van der Waals surface area (Å²) in [6, 6.07) is 0. The Labute approximate surface area is 170 Å². The molecule has 0 saturated heterocycles. The van der Waals surface area contributed by atoms with Gasteiger partial charge in [0.2, 0.25) is 0 Å². The minimum atomic E-state index is 0.713. The van der Waals surface area contributed by atoms with Crippen LogP contribution in [0.4, 0.5) is 0 Å². The fraction of sp³-hybridized carbons (Fsp3) is 1.00. The van der Waals surface area contributed by atoms with Gasteiger partial charge in [0.15, 0.2) is 0 Å². The van der Waals surface area contributed by atoms with E-state index in [4.69, 9.17) is 0 Å². The van der Waals surface area contributed by atoms with Crippen molar-refractivity contribution in [2.45, 2.75) is 112 Å². The van der Waals surface area contributed by atoms with Gasteiger partial charge in [-0.25, -0.2) is 0 Å². The Hall–Kier alpha value is 0. The number of rotatable bonds is 3. The van der Waals surface area contributed by atoms with Crippen molar-refractivity contribution in [2.24, 2.45) is 58.7 Å². The summed E-state index contributed by atoms with van der Waals surface area (Å²) in [5, 5.41) is 0. The standard InChI is InChI=1S/C25H42.C2H6/c1-16-4-9-20-19(14-16)8-10-22-21(20)12-13-25(3)23(11-7-18-5-6-18)17(2)15-24(22)25;1-2/h16-24H,4-15H2,1-3H3;1-2H3/t16?,17-,19?,20?,21?,22?,23?,24?,25?;/m1./s1. The molecule has 0 aromatic carbocycles. The van der Waals surface area contributed by atoms with E-state index in [-0.39, 0.29) is 0 Å². The maximum absolute atomic E-state index is 2.75. The van der Waals surface area contributed by atoms with Crippen LogP contribution in [0.3, 0.4) is 0 Å². The van der Waals surface area contributed by atoms with Gasteiger partial charge in [-0.15, -0.1) is 0 Å². The molecular weight excluding hydrogens is 324 g/mol. The summed E-state index contributed by atoms with van der Waals surface area (Å²) >= 11 is 0. The van der Waals surface area contributed by atoms with E-state index in [0.717, 1.165) is 53.3 Å². The number of hydrogen-bond acceptors (Lipinski definition) is 0. The van der Waals surface area contributed by atoms with Crippen molar-refractivity contribution in [3.8, 4) is 0 Å². The van der Waals surface area contributed by atoms with Crippen molar-refractivity contribution in [3.05, 3.63) is 0 Å². The van der Waals surface area contributed by atoms with Crippen LogP contribution in [0.25, 0.3) is 0 Å². The lowest BCUT2D eigenvalue weighted by atomic mass is 9.49. The van der Waals surface area contributed by atoms with Gasteiger partial charge in [0, 0.05) is 0 Å². The minimum Gasteiger partial charge on any atom is -0.0683 e. The van der Waals surface area contributed by atoms with E-state index in [0.29, 0.717) is 5.41 Å². The van der Waals surface area contributed by atoms with Crippen LogP contribution in [0.15, 0.2) is 0 Å². The summed E-state index contributed by atoms with van der Waals surface area (Å²) in [4.78, 5) is 0. The molecule has 0 N–H and O–H groups in total. The van der Waals surface area contributed by atoms with Gasteiger partial charge in [-0.1, -0.05) is 60.3 Å². The Kier molecular flexibility index (Phi) is 6.03. The van der Waals surface area contributed by atoms with Crippen molar-refractivity contribution in [1.82, 2.24) is 0 Å². The molecule has 0 aliphatic heterocycles. The first-order valence-corrected chi connectivity index (χ1v) is 13.1. The normalized spacial score (nSPS) is 51.4. The third-order valence-corrected chi connectivity index (χ3v) is 10.4. The summed E-state index contributed by atoms with van der Waals surface area (Å²) in [7, 11) is 0. The molecule has 156 valence electrons. The van der Waals surface area contributed by atoms with Crippen LogP contribution in [0.2, 0.25) is 0 Å². The lowest BCUT2D eigenvalue weighted by molar-refractivity contribution is -0.0685. The van der Waals surface area contributed by atoms with Crippen molar-refractivity contribution in [2.75, 3.05) is 0 Å². The van der Waals surface area contributed by atoms with Gasteiger partial charge in [0.25, 0.3) is 0 Å². The summed E-state index contributed by atoms with van der Waals surface area (Å²) < 4.78 is 0. The zero-order chi connectivity index (χ0) is 19.2. The maximum atomic E-state index is 2.75. The molecule has 0 aromatic heterocycles. The molecule has 5 aliphatic rings. The summed E-state index contributed by atoms with van der Waals surface area (Å²) in [5.74, 6) is 9.78. The molecule has 5 saturated carbocycles. The van der Waals surface area contributed by atoms with E-state index in [1.54, 1.807) is 70.6 Å². The Morgan fingerprint density at radius 2 is 1.48 bits per heavy atom. The number of fused-ring (bicyclic) bond motifs is 5. The van der Waals surface area contributed by atoms with E-state index in [2.05, 4.69) is 20.8 Å². The maximum Gasteiger partial charge on any atom is -0.0264 e. The molecule has 27 heavy (non-hydrogen) atoms. The van der Waals surface area contributed by atoms with E-state index < -0.39 is 0 Å². The molecule has 0 heteroatoms. The average Bonchev–Trinajstić information content (AvgIpc) is 3.45. The van der Waals surface area contributed by atoms with Crippen molar-refractivity contribution in [3.63, 3.8) is 0 Å². The highest BCUT2D eigenvalue weighted by atomic mass is 14.6. The Morgan fingerprint density at radius 3 is 2.22 bits per heavy atom. The van der Waals surface area contributed by atoms with E-state index >= 15 is 0 Å². The SMILES string of the molecule is CC.CC1CCC2C(CCC3C2CCC2(C)C3C[C@@H](C)C2CCC2CC2)C1. The summed E-state index contributed by atoms with van der Waals surface area (Å²) in [5.41, 5.74) is 0.713. The van der Waals surface area contributed by atoms with Gasteiger partial charge in [0.1, 0.15) is 0 Å². The van der Waals surface area contributed by atoms with Gasteiger partial charge in [-0.2, -0.15) is 0 Å². The molecule has 5 fully saturated rings. The summed E-state index contributed by atoms with van der Waals surface area (Å²) in [6.07, 6.45) is 18.9. The second-order valence-electron chi connectivity index (χ2n) is 11.7. The van der Waals surface area contributed by atoms with Gasteiger partial charge in [0.05, 0.1) is 0 Å². The summed E-state index contributed by atoms with van der Waals surface area (Å²) in [6.45, 7) is 11.9. The largest absolute Gasteiger partial charge is 0.0683 e. The molecule has 0 radical (unpaired) electrons. The van der Waals surface area contributed by atoms with E-state index in [9.17, 15) is 0 Å². The van der Waals surface area contributed by atoms with Crippen molar-refractivity contribution in [1.29, 1.82) is 0 Å². The molecule has 0 spiro atoms. The quantitative estimate of drug-likeness (QED) is 0.467. The molecule has 0 heterocycles. The van der Waals surface area contributed by atoms with Crippen LogP contribution in [-0.2, 0) is 0 Å². The van der Waals surface area contributed by atoms with Crippen LogP contribution in [0.1, 0.15) is 112 Å². The molecule has 0 amide bonds. The Morgan fingerprint density at radius 1 is 0.741 bits per heavy atom. The van der Waals surface area contributed by atoms with Crippen LogP contribution in [0.5, 0.6) is 0 Å². The van der Waals surface area contributed by atoms with Crippen LogP contribution in [-0.4, -0.2) is 0 Å². The van der Waals surface area contributed by atoms with Gasteiger partial charge in [-0.3, -0.25) is 0 Å². The highest BCUT2D eigenvalue weighted by molar-refractivity contribution is 5.07. The molecule has 0 bridgehead atoms. The first kappa shape index (κ1) is 20.3. The Bertz CT molecular complexity index is 490. The van der Waals surface area contributed by atoms with E-state index in [1.165, 1.54) is 6.42 Å². The average molecular weight is 373 g/mol.